The number of sulfonamides is 1. The lowest BCUT2D eigenvalue weighted by atomic mass is 10.1. The molecule has 152 valence electrons. The molecule has 3 aromatic rings. The van der Waals surface area contributed by atoms with Gasteiger partial charge in [-0.2, -0.15) is 5.10 Å². The zero-order valence-corrected chi connectivity index (χ0v) is 17.4. The molecule has 1 aromatic heterocycles. The van der Waals surface area contributed by atoms with Crippen LogP contribution in [0.15, 0.2) is 64.3 Å². The van der Waals surface area contributed by atoms with Crippen LogP contribution in [0.3, 0.4) is 0 Å². The molecule has 7 nitrogen and oxygen atoms in total. The van der Waals surface area contributed by atoms with Crippen molar-refractivity contribution in [1.82, 2.24) is 14.5 Å². The van der Waals surface area contributed by atoms with E-state index < -0.39 is 10.0 Å². The highest BCUT2D eigenvalue weighted by atomic mass is 32.2. The third kappa shape index (κ3) is 5.10. The van der Waals surface area contributed by atoms with Crippen LogP contribution in [0.1, 0.15) is 11.1 Å². The van der Waals surface area contributed by atoms with Crippen molar-refractivity contribution in [3.05, 3.63) is 76.1 Å². The Morgan fingerprint density at radius 2 is 1.66 bits per heavy atom. The van der Waals surface area contributed by atoms with E-state index in [-0.39, 0.29) is 23.5 Å². The number of hydrogen-bond acceptors (Lipinski definition) is 5. The zero-order valence-electron chi connectivity index (χ0n) is 16.5. The molecule has 0 saturated heterocycles. The molecule has 29 heavy (non-hydrogen) atoms. The summed E-state index contributed by atoms with van der Waals surface area (Å²) >= 11 is 0. The molecule has 0 unspecified atom stereocenters. The van der Waals surface area contributed by atoms with Gasteiger partial charge in [-0.1, -0.05) is 6.07 Å². The summed E-state index contributed by atoms with van der Waals surface area (Å²) in [5, 5.41) is 4.35. The fraction of sp³-hybridized carbons (Fsp3) is 0.238. The van der Waals surface area contributed by atoms with Crippen LogP contribution in [0.25, 0.3) is 11.3 Å². The molecule has 0 radical (unpaired) electrons. The van der Waals surface area contributed by atoms with Gasteiger partial charge in [0.05, 0.1) is 24.2 Å². The third-order valence-corrected chi connectivity index (χ3v) is 5.81. The molecule has 0 aliphatic heterocycles. The van der Waals surface area contributed by atoms with Gasteiger partial charge in [-0.25, -0.2) is 17.8 Å². The average Bonchev–Trinajstić information content (AvgIpc) is 2.69. The normalized spacial score (nSPS) is 11.4. The van der Waals surface area contributed by atoms with E-state index >= 15 is 0 Å². The highest BCUT2D eigenvalue weighted by Gasteiger charge is 2.14. The Morgan fingerprint density at radius 1 is 1.00 bits per heavy atom. The van der Waals surface area contributed by atoms with E-state index in [1.807, 2.05) is 44.2 Å². The number of nitrogens with one attached hydrogen (secondary N) is 1. The minimum Gasteiger partial charge on any atom is -0.497 e. The minimum absolute atomic E-state index is 0.0499. The van der Waals surface area contributed by atoms with Crippen molar-refractivity contribution in [3.63, 3.8) is 0 Å². The first-order chi connectivity index (χ1) is 13.8. The van der Waals surface area contributed by atoms with Crippen molar-refractivity contribution in [1.29, 1.82) is 0 Å². The lowest BCUT2D eigenvalue weighted by Crippen LogP contribution is -2.32. The molecule has 3 rings (SSSR count). The Labute approximate surface area is 170 Å². The van der Waals surface area contributed by atoms with Crippen LogP contribution in [0, 0.1) is 13.8 Å². The fourth-order valence-electron chi connectivity index (χ4n) is 2.98. The van der Waals surface area contributed by atoms with Crippen LogP contribution in [0.2, 0.25) is 0 Å². The summed E-state index contributed by atoms with van der Waals surface area (Å²) in [6.07, 6.45) is 0. The smallest absolute Gasteiger partial charge is 0.266 e. The van der Waals surface area contributed by atoms with E-state index in [0.29, 0.717) is 5.69 Å². The second-order valence-electron chi connectivity index (χ2n) is 6.73. The van der Waals surface area contributed by atoms with Gasteiger partial charge in [-0.15, -0.1) is 0 Å². The van der Waals surface area contributed by atoms with Crippen LogP contribution in [-0.4, -0.2) is 31.9 Å². The molecule has 0 saturated carbocycles. The Bertz CT molecular complexity index is 1150. The van der Waals surface area contributed by atoms with Gasteiger partial charge in [-0.05, 0) is 67.4 Å². The quantitative estimate of drug-likeness (QED) is 0.643. The topological polar surface area (TPSA) is 90.3 Å². The van der Waals surface area contributed by atoms with E-state index in [2.05, 4.69) is 9.82 Å². The predicted molar refractivity (Wildman–Crippen MR) is 112 cm³/mol. The molecule has 0 amide bonds. The Kier molecular flexibility index (Phi) is 6.14. The highest BCUT2D eigenvalue weighted by Crippen LogP contribution is 2.19. The van der Waals surface area contributed by atoms with Crippen molar-refractivity contribution < 1.29 is 13.2 Å². The first kappa shape index (κ1) is 20.8. The summed E-state index contributed by atoms with van der Waals surface area (Å²) in [5.74, 6) is 0.725. The monoisotopic (exact) mass is 413 g/mol. The molecule has 0 bridgehead atoms. The largest absolute Gasteiger partial charge is 0.497 e. The van der Waals surface area contributed by atoms with Gasteiger partial charge in [0.1, 0.15) is 5.75 Å². The van der Waals surface area contributed by atoms with E-state index in [1.165, 1.54) is 10.7 Å². The van der Waals surface area contributed by atoms with Crippen molar-refractivity contribution in [2.45, 2.75) is 25.3 Å². The number of hydrogen-bond donors (Lipinski definition) is 1. The lowest BCUT2D eigenvalue weighted by molar-refractivity contribution is 0.415. The first-order valence-corrected chi connectivity index (χ1v) is 10.6. The summed E-state index contributed by atoms with van der Waals surface area (Å²) < 4.78 is 34.0. The van der Waals surface area contributed by atoms with Gasteiger partial charge in [-0.3, -0.25) is 4.79 Å². The molecule has 8 heteroatoms. The van der Waals surface area contributed by atoms with Crippen molar-refractivity contribution in [3.8, 4) is 17.0 Å². The maximum atomic E-state index is 12.5. The molecular weight excluding hydrogens is 390 g/mol. The second-order valence-corrected chi connectivity index (χ2v) is 8.50. The summed E-state index contributed by atoms with van der Waals surface area (Å²) in [4.78, 5) is 12.3. The molecule has 0 aliphatic carbocycles. The van der Waals surface area contributed by atoms with Crippen molar-refractivity contribution >= 4 is 10.0 Å². The number of aromatic nitrogens is 2. The average molecular weight is 413 g/mol. The fourth-order valence-corrected chi connectivity index (χ4v) is 4.19. The van der Waals surface area contributed by atoms with Crippen LogP contribution in [0.5, 0.6) is 5.75 Å². The van der Waals surface area contributed by atoms with Gasteiger partial charge >= 0.3 is 0 Å². The number of nitrogens with zero attached hydrogens (tertiary/aromatic N) is 2. The third-order valence-electron chi connectivity index (χ3n) is 4.37. The predicted octanol–water partition coefficient (Wildman–Crippen LogP) is 2.51. The molecule has 1 heterocycles. The summed E-state index contributed by atoms with van der Waals surface area (Å²) in [6, 6.07) is 15.5. The van der Waals surface area contributed by atoms with E-state index in [1.54, 1.807) is 25.3 Å². The molecule has 0 atom stereocenters. The van der Waals surface area contributed by atoms with E-state index in [4.69, 9.17) is 4.74 Å². The van der Waals surface area contributed by atoms with E-state index in [9.17, 15) is 13.2 Å². The first-order valence-electron chi connectivity index (χ1n) is 9.09. The van der Waals surface area contributed by atoms with Crippen molar-refractivity contribution in [2.75, 3.05) is 13.7 Å². The van der Waals surface area contributed by atoms with Crippen LogP contribution in [-0.2, 0) is 16.6 Å². The van der Waals surface area contributed by atoms with Crippen LogP contribution >= 0.6 is 0 Å². The Morgan fingerprint density at radius 3 is 2.28 bits per heavy atom. The van der Waals surface area contributed by atoms with Gasteiger partial charge in [0.15, 0.2) is 0 Å². The lowest BCUT2D eigenvalue weighted by Gasteiger charge is -2.10. The maximum absolute atomic E-state index is 12.5. The Balaban J connectivity index is 1.74. The van der Waals surface area contributed by atoms with Crippen molar-refractivity contribution in [2.24, 2.45) is 0 Å². The SMILES string of the molecule is COc1ccc(-c2ccc(=O)n(CCNS(=O)(=O)c3cc(C)cc(C)c3)n2)cc1. The van der Waals surface area contributed by atoms with Crippen LogP contribution < -0.4 is 15.0 Å². The number of ether oxygens (including phenoxy) is 1. The summed E-state index contributed by atoms with van der Waals surface area (Å²) in [7, 11) is -2.08. The number of benzene rings is 2. The number of rotatable bonds is 7. The Hall–Kier alpha value is -2.97. The summed E-state index contributed by atoms with van der Waals surface area (Å²) in [5.41, 5.74) is 2.89. The van der Waals surface area contributed by atoms with Gasteiger partial charge in [0.2, 0.25) is 10.0 Å². The number of methoxy groups -OCH3 is 1. The summed E-state index contributed by atoms with van der Waals surface area (Å²) in [6.45, 7) is 3.86. The standard InChI is InChI=1S/C21H23N3O4S/c1-15-12-16(2)14-19(13-15)29(26,27)22-10-11-24-21(25)9-8-20(23-24)17-4-6-18(28-3)7-5-17/h4-9,12-14,22H,10-11H2,1-3H3. The maximum Gasteiger partial charge on any atom is 0.266 e. The molecular formula is C21H23N3O4S. The van der Waals surface area contributed by atoms with E-state index in [0.717, 1.165) is 22.4 Å². The molecule has 2 aromatic carbocycles. The molecule has 0 spiro atoms. The number of aryl methyl sites for hydroxylation is 2. The minimum atomic E-state index is -3.67. The van der Waals surface area contributed by atoms with Gasteiger partial charge < -0.3 is 4.74 Å². The van der Waals surface area contributed by atoms with Gasteiger partial charge in [0.25, 0.3) is 5.56 Å². The highest BCUT2D eigenvalue weighted by molar-refractivity contribution is 7.89. The molecule has 0 aliphatic rings. The second kappa shape index (κ2) is 8.59. The van der Waals surface area contributed by atoms with Crippen LogP contribution in [0.4, 0.5) is 0 Å². The zero-order chi connectivity index (χ0) is 21.0. The molecule has 0 fully saturated rings. The van der Waals surface area contributed by atoms with Gasteiger partial charge in [0, 0.05) is 18.2 Å². The molecule has 1 N–H and O–H groups in total.